The lowest BCUT2D eigenvalue weighted by Gasteiger charge is -2.13. The summed E-state index contributed by atoms with van der Waals surface area (Å²) in [5.41, 5.74) is 2.76. The van der Waals surface area contributed by atoms with Gasteiger partial charge in [-0.1, -0.05) is 18.2 Å². The van der Waals surface area contributed by atoms with Crippen LogP contribution in [0.5, 0.6) is 5.75 Å². The number of hydrogen-bond donors (Lipinski definition) is 0. The first-order valence-electron chi connectivity index (χ1n) is 5.90. The Labute approximate surface area is 104 Å². The lowest BCUT2D eigenvalue weighted by Crippen LogP contribution is -2.02. The van der Waals surface area contributed by atoms with E-state index in [4.69, 9.17) is 4.74 Å². The molecule has 1 aliphatic heterocycles. The minimum atomic E-state index is 0.617. The summed E-state index contributed by atoms with van der Waals surface area (Å²) in [5, 5.41) is 2.17. The van der Waals surface area contributed by atoms with Gasteiger partial charge in [0, 0.05) is 17.0 Å². The van der Waals surface area contributed by atoms with Crippen LogP contribution < -0.4 is 4.74 Å². The van der Waals surface area contributed by atoms with Gasteiger partial charge in [-0.25, -0.2) is 4.98 Å². The number of benzene rings is 1. The molecular formula is C15H10N2O. The van der Waals surface area contributed by atoms with Gasteiger partial charge in [0.05, 0.1) is 11.0 Å². The smallest absolute Gasteiger partial charge is 0.146 e. The molecule has 0 N–H and O–H groups in total. The minimum Gasteiger partial charge on any atom is -0.487 e. The fraction of sp³-hybridized carbons (Fsp3) is 0.0667. The Bertz CT molecular complexity index is 793. The summed E-state index contributed by atoms with van der Waals surface area (Å²) in [5.74, 6) is 0.847. The molecule has 0 amide bonds. The van der Waals surface area contributed by atoms with Gasteiger partial charge < -0.3 is 4.74 Å². The van der Waals surface area contributed by atoms with Crippen LogP contribution in [0.3, 0.4) is 0 Å². The molecule has 0 radical (unpaired) electrons. The van der Waals surface area contributed by atoms with Crippen molar-refractivity contribution in [3.05, 3.63) is 48.3 Å². The van der Waals surface area contributed by atoms with Crippen molar-refractivity contribution in [2.45, 2.75) is 0 Å². The maximum Gasteiger partial charge on any atom is 0.146 e. The summed E-state index contributed by atoms with van der Waals surface area (Å²) in [6.45, 7) is 0.617. The van der Waals surface area contributed by atoms with Crippen molar-refractivity contribution in [1.29, 1.82) is 0 Å². The molecule has 3 aromatic rings. The Morgan fingerprint density at radius 2 is 2.00 bits per heavy atom. The molecule has 0 unspecified atom stereocenters. The molecule has 1 aromatic carbocycles. The largest absolute Gasteiger partial charge is 0.487 e. The van der Waals surface area contributed by atoms with Crippen LogP contribution in [0.2, 0.25) is 0 Å². The molecule has 3 nitrogen and oxygen atoms in total. The molecule has 0 saturated carbocycles. The number of fused-ring (bicyclic) bond motifs is 4. The zero-order chi connectivity index (χ0) is 11.9. The van der Waals surface area contributed by atoms with E-state index < -0.39 is 0 Å². The summed E-state index contributed by atoms with van der Waals surface area (Å²) < 4.78 is 5.57. The number of hydrogen-bond acceptors (Lipinski definition) is 3. The van der Waals surface area contributed by atoms with E-state index in [2.05, 4.69) is 28.2 Å². The van der Waals surface area contributed by atoms with Crippen molar-refractivity contribution in [2.75, 3.05) is 6.61 Å². The fourth-order valence-electron chi connectivity index (χ4n) is 2.30. The highest BCUT2D eigenvalue weighted by atomic mass is 16.5. The molecule has 0 fully saturated rings. The topological polar surface area (TPSA) is 35.0 Å². The van der Waals surface area contributed by atoms with E-state index in [0.29, 0.717) is 6.61 Å². The maximum atomic E-state index is 5.57. The van der Waals surface area contributed by atoms with E-state index in [1.165, 1.54) is 0 Å². The average molecular weight is 234 g/mol. The van der Waals surface area contributed by atoms with Crippen molar-refractivity contribution in [3.8, 4) is 5.75 Å². The monoisotopic (exact) mass is 234 g/mol. The van der Waals surface area contributed by atoms with Crippen LogP contribution in [0, 0.1) is 0 Å². The van der Waals surface area contributed by atoms with Gasteiger partial charge in [0.1, 0.15) is 18.1 Å². The Hall–Kier alpha value is -2.42. The molecule has 2 aromatic heterocycles. The molecule has 0 bridgehead atoms. The standard InChI is InChI=1S/C15H10N2O/c1-3-10-5-6-11-9-13-12(4-2-8-18-13)17-15(11)14(10)16-7-1/h1-7,9H,8H2. The summed E-state index contributed by atoms with van der Waals surface area (Å²) in [6, 6.07) is 10.2. The van der Waals surface area contributed by atoms with Crippen LogP contribution >= 0.6 is 0 Å². The molecular weight excluding hydrogens is 224 g/mol. The molecule has 4 rings (SSSR count). The van der Waals surface area contributed by atoms with Crippen molar-refractivity contribution >= 4 is 27.9 Å². The fourth-order valence-corrected chi connectivity index (χ4v) is 2.30. The minimum absolute atomic E-state index is 0.617. The van der Waals surface area contributed by atoms with Gasteiger partial charge in [-0.3, -0.25) is 4.98 Å². The third kappa shape index (κ3) is 1.31. The van der Waals surface area contributed by atoms with Crippen LogP contribution in [0.15, 0.2) is 42.6 Å². The van der Waals surface area contributed by atoms with Gasteiger partial charge in [0.25, 0.3) is 0 Å². The number of aromatic nitrogens is 2. The van der Waals surface area contributed by atoms with Gasteiger partial charge in [-0.05, 0) is 24.3 Å². The second-order valence-electron chi connectivity index (χ2n) is 4.30. The second kappa shape index (κ2) is 3.53. The van der Waals surface area contributed by atoms with Crippen molar-refractivity contribution in [1.82, 2.24) is 9.97 Å². The average Bonchev–Trinajstić information content (AvgIpc) is 2.45. The molecule has 18 heavy (non-hydrogen) atoms. The van der Waals surface area contributed by atoms with Crippen molar-refractivity contribution in [2.24, 2.45) is 0 Å². The lowest BCUT2D eigenvalue weighted by atomic mass is 10.1. The van der Waals surface area contributed by atoms with Crippen molar-refractivity contribution < 1.29 is 4.74 Å². The molecule has 0 atom stereocenters. The maximum absolute atomic E-state index is 5.57. The SMILES string of the molecule is C1=Cc2nc3c(ccc4cccnc43)cc2OC1. The lowest BCUT2D eigenvalue weighted by molar-refractivity contribution is 0.357. The number of pyridine rings is 2. The van der Waals surface area contributed by atoms with Crippen molar-refractivity contribution in [3.63, 3.8) is 0 Å². The van der Waals surface area contributed by atoms with Gasteiger partial charge in [-0.2, -0.15) is 0 Å². The summed E-state index contributed by atoms with van der Waals surface area (Å²) in [6.07, 6.45) is 5.77. The molecule has 3 heterocycles. The van der Waals surface area contributed by atoms with E-state index in [0.717, 1.165) is 33.2 Å². The number of rotatable bonds is 0. The second-order valence-corrected chi connectivity index (χ2v) is 4.30. The molecule has 0 saturated heterocycles. The third-order valence-electron chi connectivity index (χ3n) is 3.16. The first-order valence-corrected chi connectivity index (χ1v) is 5.90. The van der Waals surface area contributed by atoms with E-state index in [9.17, 15) is 0 Å². The molecule has 0 aliphatic carbocycles. The number of ether oxygens (including phenoxy) is 1. The van der Waals surface area contributed by atoms with Crippen LogP contribution in [-0.4, -0.2) is 16.6 Å². The number of nitrogens with zero attached hydrogens (tertiary/aromatic N) is 2. The predicted molar refractivity (Wildman–Crippen MR) is 71.6 cm³/mol. The zero-order valence-electron chi connectivity index (χ0n) is 9.63. The normalized spacial score (nSPS) is 13.6. The van der Waals surface area contributed by atoms with E-state index in [-0.39, 0.29) is 0 Å². The van der Waals surface area contributed by atoms with Crippen LogP contribution in [0.4, 0.5) is 0 Å². The Morgan fingerprint density at radius 1 is 1.06 bits per heavy atom. The first-order chi connectivity index (χ1) is 8.92. The van der Waals surface area contributed by atoms with Crippen LogP contribution in [0.25, 0.3) is 27.9 Å². The first kappa shape index (κ1) is 9.59. The van der Waals surface area contributed by atoms with Gasteiger partial charge in [0.15, 0.2) is 0 Å². The highest BCUT2D eigenvalue weighted by Gasteiger charge is 2.11. The van der Waals surface area contributed by atoms with E-state index in [1.54, 1.807) is 6.20 Å². The highest BCUT2D eigenvalue weighted by molar-refractivity contribution is 6.03. The van der Waals surface area contributed by atoms with Gasteiger partial charge >= 0.3 is 0 Å². The summed E-state index contributed by atoms with van der Waals surface area (Å²) in [7, 11) is 0. The highest BCUT2D eigenvalue weighted by Crippen LogP contribution is 2.29. The molecule has 86 valence electrons. The predicted octanol–water partition coefficient (Wildman–Crippen LogP) is 3.19. The van der Waals surface area contributed by atoms with Gasteiger partial charge in [-0.15, -0.1) is 0 Å². The molecule has 1 aliphatic rings. The summed E-state index contributed by atoms with van der Waals surface area (Å²) >= 11 is 0. The zero-order valence-corrected chi connectivity index (χ0v) is 9.63. The summed E-state index contributed by atoms with van der Waals surface area (Å²) in [4.78, 5) is 9.10. The Morgan fingerprint density at radius 3 is 3.00 bits per heavy atom. The van der Waals surface area contributed by atoms with Crippen LogP contribution in [-0.2, 0) is 0 Å². The van der Waals surface area contributed by atoms with E-state index in [1.807, 2.05) is 24.3 Å². The van der Waals surface area contributed by atoms with E-state index >= 15 is 0 Å². The Kier molecular flexibility index (Phi) is 1.88. The molecule has 0 spiro atoms. The van der Waals surface area contributed by atoms with Crippen LogP contribution in [0.1, 0.15) is 5.69 Å². The third-order valence-corrected chi connectivity index (χ3v) is 3.16. The Balaban J connectivity index is 2.16. The molecule has 3 heteroatoms. The van der Waals surface area contributed by atoms with Gasteiger partial charge in [0.2, 0.25) is 0 Å². The quantitative estimate of drug-likeness (QED) is 0.560.